The van der Waals surface area contributed by atoms with Crippen LogP contribution in [0.2, 0.25) is 5.15 Å². The second kappa shape index (κ2) is 8.83. The number of esters is 1. The van der Waals surface area contributed by atoms with E-state index in [1.54, 1.807) is 24.3 Å². The van der Waals surface area contributed by atoms with Gasteiger partial charge in [0, 0.05) is 19.7 Å². The first-order valence-electron chi connectivity index (χ1n) is 9.19. The molecule has 4 rings (SSSR count). The van der Waals surface area contributed by atoms with E-state index in [4.69, 9.17) is 21.1 Å². The normalized spacial score (nSPS) is 15.2. The number of rotatable bonds is 6. The Morgan fingerprint density at radius 1 is 1.12 bits per heavy atom. The third-order valence-electron chi connectivity index (χ3n) is 4.29. The summed E-state index contributed by atoms with van der Waals surface area (Å²) in [6, 6.07) is 15.1. The van der Waals surface area contributed by atoms with Crippen molar-refractivity contribution in [1.82, 2.24) is 9.29 Å². The van der Waals surface area contributed by atoms with Gasteiger partial charge in [-0.25, -0.2) is 22.5 Å². The molecule has 0 unspecified atom stereocenters. The number of thiazole rings is 1. The van der Waals surface area contributed by atoms with Crippen molar-refractivity contribution >= 4 is 50.9 Å². The summed E-state index contributed by atoms with van der Waals surface area (Å²) in [7, 11) is -0.778. The molecule has 0 spiro atoms. The fourth-order valence-corrected chi connectivity index (χ4v) is 4.68. The molecule has 164 valence electrons. The Morgan fingerprint density at radius 3 is 2.59 bits per heavy atom. The number of aromatic nitrogens is 1. The SMILES string of the molecule is CN(C)S(=O)(=O)c1cccc(C2=NC(=Cc3sc(Oc4ccccc4)nc3Cl)C(=O)O2)c1. The van der Waals surface area contributed by atoms with Crippen LogP contribution in [0.3, 0.4) is 0 Å². The maximum atomic E-state index is 12.4. The van der Waals surface area contributed by atoms with Crippen LogP contribution >= 0.6 is 22.9 Å². The minimum absolute atomic E-state index is 0.00143. The minimum atomic E-state index is -3.65. The number of cyclic esters (lactones) is 1. The predicted molar refractivity (Wildman–Crippen MR) is 122 cm³/mol. The molecule has 0 saturated heterocycles. The van der Waals surface area contributed by atoms with Crippen molar-refractivity contribution in [3.8, 4) is 10.9 Å². The molecule has 0 N–H and O–H groups in total. The van der Waals surface area contributed by atoms with E-state index >= 15 is 0 Å². The third-order valence-corrected chi connectivity index (χ3v) is 7.38. The summed E-state index contributed by atoms with van der Waals surface area (Å²) in [5.74, 6) is -0.0837. The van der Waals surface area contributed by atoms with Gasteiger partial charge in [0.2, 0.25) is 15.9 Å². The lowest BCUT2D eigenvalue weighted by atomic mass is 10.2. The number of nitrogens with zero attached hydrogens (tertiary/aromatic N) is 3. The monoisotopic (exact) mass is 489 g/mol. The maximum absolute atomic E-state index is 12.4. The van der Waals surface area contributed by atoms with Gasteiger partial charge >= 0.3 is 5.97 Å². The highest BCUT2D eigenvalue weighted by Crippen LogP contribution is 2.34. The number of hydrogen-bond donors (Lipinski definition) is 0. The quantitative estimate of drug-likeness (QED) is 0.380. The maximum Gasteiger partial charge on any atom is 0.363 e. The van der Waals surface area contributed by atoms with Crippen molar-refractivity contribution in [2.75, 3.05) is 14.1 Å². The largest absolute Gasteiger partial charge is 0.431 e. The van der Waals surface area contributed by atoms with Crippen molar-refractivity contribution in [2.45, 2.75) is 4.90 Å². The van der Waals surface area contributed by atoms with E-state index in [9.17, 15) is 13.2 Å². The molecule has 0 atom stereocenters. The van der Waals surface area contributed by atoms with Crippen LogP contribution in [0, 0.1) is 0 Å². The number of carbonyl (C=O) groups is 1. The Kier molecular flexibility index (Phi) is 6.11. The third kappa shape index (κ3) is 4.58. The summed E-state index contributed by atoms with van der Waals surface area (Å²) in [4.78, 5) is 21.2. The molecule has 0 amide bonds. The van der Waals surface area contributed by atoms with E-state index in [2.05, 4.69) is 9.98 Å². The van der Waals surface area contributed by atoms with E-state index < -0.39 is 16.0 Å². The average Bonchev–Trinajstić information content (AvgIpc) is 3.31. The van der Waals surface area contributed by atoms with Crippen molar-refractivity contribution in [1.29, 1.82) is 0 Å². The summed E-state index contributed by atoms with van der Waals surface area (Å²) in [6.45, 7) is 0. The minimum Gasteiger partial charge on any atom is -0.431 e. The molecule has 0 fully saturated rings. The summed E-state index contributed by atoms with van der Waals surface area (Å²) in [5.41, 5.74) is 0.367. The van der Waals surface area contributed by atoms with E-state index in [0.29, 0.717) is 21.4 Å². The van der Waals surface area contributed by atoms with Crippen molar-refractivity contribution < 1.29 is 22.7 Å². The topological polar surface area (TPSA) is 98.2 Å². The fraction of sp³-hybridized carbons (Fsp3) is 0.0952. The lowest BCUT2D eigenvalue weighted by molar-refractivity contribution is -0.129. The van der Waals surface area contributed by atoms with Crippen LogP contribution < -0.4 is 4.74 Å². The van der Waals surface area contributed by atoms with Crippen molar-refractivity contribution in [3.63, 3.8) is 0 Å². The van der Waals surface area contributed by atoms with Gasteiger partial charge in [-0.3, -0.25) is 0 Å². The summed E-state index contributed by atoms with van der Waals surface area (Å²) >= 11 is 7.34. The van der Waals surface area contributed by atoms with Gasteiger partial charge in [-0.05, 0) is 36.4 Å². The van der Waals surface area contributed by atoms with Crippen LogP contribution in [0.15, 0.2) is 70.2 Å². The molecule has 0 radical (unpaired) electrons. The predicted octanol–water partition coefficient (Wildman–Crippen LogP) is 4.18. The molecule has 0 aliphatic carbocycles. The first-order valence-corrected chi connectivity index (χ1v) is 11.8. The first-order chi connectivity index (χ1) is 15.2. The highest BCUT2D eigenvalue weighted by atomic mass is 35.5. The summed E-state index contributed by atoms with van der Waals surface area (Å²) in [5, 5.41) is 0.467. The lowest BCUT2D eigenvalue weighted by Gasteiger charge is -2.11. The van der Waals surface area contributed by atoms with Crippen LogP contribution in [0.1, 0.15) is 10.4 Å². The van der Waals surface area contributed by atoms with Crippen molar-refractivity contribution in [3.05, 3.63) is 75.9 Å². The van der Waals surface area contributed by atoms with Gasteiger partial charge < -0.3 is 9.47 Å². The Morgan fingerprint density at radius 2 is 1.88 bits per heavy atom. The second-order valence-electron chi connectivity index (χ2n) is 6.70. The van der Waals surface area contributed by atoms with Gasteiger partial charge in [-0.1, -0.05) is 47.2 Å². The number of hydrogen-bond acceptors (Lipinski definition) is 8. The molecule has 8 nitrogen and oxygen atoms in total. The van der Waals surface area contributed by atoms with Crippen molar-refractivity contribution in [2.24, 2.45) is 4.99 Å². The number of sulfonamides is 1. The molecule has 1 aromatic heterocycles. The molecule has 1 aliphatic heterocycles. The van der Waals surface area contributed by atoms with Gasteiger partial charge in [0.05, 0.1) is 9.77 Å². The standard InChI is InChI=1S/C21H16ClN3O5S2/c1-25(2)32(27,28)15-10-6-7-13(11-15)19-23-16(20(26)30-19)12-17-18(22)24-21(31-17)29-14-8-4-3-5-9-14/h3-12H,1-2H3. The Balaban J connectivity index is 1.62. The highest BCUT2D eigenvalue weighted by Gasteiger charge is 2.27. The number of benzene rings is 2. The van der Waals surface area contributed by atoms with Crippen LogP contribution in [-0.2, 0) is 19.6 Å². The van der Waals surface area contributed by atoms with Crippen LogP contribution in [0.4, 0.5) is 0 Å². The number of halogens is 1. The molecule has 0 saturated carbocycles. The molecule has 32 heavy (non-hydrogen) atoms. The van der Waals surface area contributed by atoms with E-state index in [1.165, 1.54) is 32.3 Å². The average molecular weight is 490 g/mol. The zero-order valence-electron chi connectivity index (χ0n) is 16.9. The molecule has 0 bridgehead atoms. The number of para-hydroxylation sites is 1. The number of carbonyl (C=O) groups excluding carboxylic acids is 1. The van der Waals surface area contributed by atoms with Gasteiger partial charge in [0.15, 0.2) is 10.9 Å². The van der Waals surface area contributed by atoms with E-state index in [-0.39, 0.29) is 21.6 Å². The zero-order chi connectivity index (χ0) is 22.9. The smallest absolute Gasteiger partial charge is 0.363 e. The molecule has 1 aliphatic rings. The Hall–Kier alpha value is -3.05. The molecule has 11 heteroatoms. The van der Waals surface area contributed by atoms with E-state index in [0.717, 1.165) is 15.6 Å². The first kappa shape index (κ1) is 22.2. The van der Waals surface area contributed by atoms with Gasteiger partial charge in [-0.15, -0.1) is 0 Å². The number of ether oxygens (including phenoxy) is 2. The van der Waals surface area contributed by atoms with Gasteiger partial charge in [0.25, 0.3) is 5.19 Å². The Bertz CT molecular complexity index is 1350. The van der Waals surface area contributed by atoms with Crippen LogP contribution in [-0.4, -0.2) is 43.7 Å². The summed E-state index contributed by atoms with van der Waals surface area (Å²) in [6.07, 6.45) is 1.45. The number of aliphatic imine (C=N–C) groups is 1. The van der Waals surface area contributed by atoms with Gasteiger partial charge in [-0.2, -0.15) is 4.98 Å². The lowest BCUT2D eigenvalue weighted by Crippen LogP contribution is -2.22. The molecule has 3 aromatic rings. The molecular weight excluding hydrogens is 474 g/mol. The Labute approximate surface area is 193 Å². The fourth-order valence-electron chi connectivity index (χ4n) is 2.67. The van der Waals surface area contributed by atoms with E-state index in [1.807, 2.05) is 18.2 Å². The van der Waals surface area contributed by atoms with Crippen LogP contribution in [0.5, 0.6) is 10.9 Å². The highest BCUT2D eigenvalue weighted by molar-refractivity contribution is 7.89. The molecule has 2 heterocycles. The second-order valence-corrected chi connectivity index (χ2v) is 10.2. The molecular formula is C21H16ClN3O5S2. The summed E-state index contributed by atoms with van der Waals surface area (Å²) < 4.78 is 36.8. The van der Waals surface area contributed by atoms with Gasteiger partial charge in [0.1, 0.15) is 5.75 Å². The zero-order valence-corrected chi connectivity index (χ0v) is 19.2. The molecule has 2 aromatic carbocycles. The van der Waals surface area contributed by atoms with Crippen LogP contribution in [0.25, 0.3) is 6.08 Å².